The standard InChI is InChI=1S/C36H28N2O6S/c39-29-13-11-27(33(23-29)35-5-1-3-19-37-35)21-25-7-15-31(16-8-25)43-45(41,42)44-32-17-9-26(10-18-32)22-28-12-14-30(40)24-34(28)36-6-2-4-20-38-36/h1-20,23-24,39-40H,21-22H2. The minimum absolute atomic E-state index is 0.111. The summed E-state index contributed by atoms with van der Waals surface area (Å²) in [5.74, 6) is 0.519. The van der Waals surface area contributed by atoms with Crippen LogP contribution in [0.3, 0.4) is 0 Å². The third-order valence-electron chi connectivity index (χ3n) is 7.10. The van der Waals surface area contributed by atoms with E-state index in [9.17, 15) is 18.6 Å². The van der Waals surface area contributed by atoms with Crippen molar-refractivity contribution in [3.8, 4) is 45.5 Å². The number of aromatic hydroxyl groups is 2. The molecule has 0 aliphatic carbocycles. The van der Waals surface area contributed by atoms with E-state index < -0.39 is 10.4 Å². The molecule has 0 bridgehead atoms. The van der Waals surface area contributed by atoms with Crippen molar-refractivity contribution in [3.05, 3.63) is 156 Å². The molecule has 4 aromatic carbocycles. The maximum Gasteiger partial charge on any atom is 0.500 e. The minimum atomic E-state index is -4.40. The molecule has 0 aliphatic heterocycles. The average Bonchev–Trinajstić information content (AvgIpc) is 3.05. The van der Waals surface area contributed by atoms with Gasteiger partial charge in [0.2, 0.25) is 0 Å². The predicted octanol–water partition coefficient (Wildman–Crippen LogP) is 7.11. The number of hydrogen-bond acceptors (Lipinski definition) is 8. The van der Waals surface area contributed by atoms with Gasteiger partial charge >= 0.3 is 10.4 Å². The average molecular weight is 617 g/mol. The van der Waals surface area contributed by atoms with Crippen molar-refractivity contribution in [1.29, 1.82) is 0 Å². The van der Waals surface area contributed by atoms with Crippen LogP contribution < -0.4 is 8.37 Å². The van der Waals surface area contributed by atoms with Crippen LogP contribution in [-0.4, -0.2) is 28.6 Å². The van der Waals surface area contributed by atoms with E-state index in [0.29, 0.717) is 12.8 Å². The molecule has 2 aromatic heterocycles. The van der Waals surface area contributed by atoms with Crippen LogP contribution in [0.4, 0.5) is 0 Å². The lowest BCUT2D eigenvalue weighted by atomic mass is 9.97. The lowest BCUT2D eigenvalue weighted by Crippen LogP contribution is -2.16. The maximum atomic E-state index is 12.7. The lowest BCUT2D eigenvalue weighted by Gasteiger charge is -2.12. The number of phenolic OH excluding ortho intramolecular Hbond substituents is 2. The molecule has 0 saturated carbocycles. The Bertz CT molecular complexity index is 1880. The van der Waals surface area contributed by atoms with Gasteiger partial charge in [0.1, 0.15) is 23.0 Å². The number of phenols is 2. The molecule has 0 aliphatic rings. The first kappa shape index (κ1) is 29.4. The smallest absolute Gasteiger partial charge is 0.500 e. The highest BCUT2D eigenvalue weighted by molar-refractivity contribution is 7.82. The first-order valence-electron chi connectivity index (χ1n) is 14.1. The molecule has 6 aromatic rings. The molecule has 9 heteroatoms. The maximum absolute atomic E-state index is 12.7. The zero-order chi connectivity index (χ0) is 31.2. The predicted molar refractivity (Wildman–Crippen MR) is 171 cm³/mol. The Morgan fingerprint density at radius 3 is 1.33 bits per heavy atom. The van der Waals surface area contributed by atoms with Gasteiger partial charge in [0.15, 0.2) is 0 Å². The van der Waals surface area contributed by atoms with E-state index >= 15 is 0 Å². The number of rotatable bonds is 10. The van der Waals surface area contributed by atoms with Crippen molar-refractivity contribution in [1.82, 2.24) is 9.97 Å². The Morgan fingerprint density at radius 2 is 0.956 bits per heavy atom. The van der Waals surface area contributed by atoms with Crippen molar-refractivity contribution in [2.75, 3.05) is 0 Å². The Hall–Kier alpha value is -5.67. The van der Waals surface area contributed by atoms with Crippen molar-refractivity contribution in [3.63, 3.8) is 0 Å². The van der Waals surface area contributed by atoms with Gasteiger partial charge in [0.05, 0.1) is 11.4 Å². The van der Waals surface area contributed by atoms with Crippen molar-refractivity contribution in [2.24, 2.45) is 0 Å². The molecule has 6 rings (SSSR count). The minimum Gasteiger partial charge on any atom is -0.508 e. The second-order valence-corrected chi connectivity index (χ2v) is 11.5. The van der Waals surface area contributed by atoms with Crippen LogP contribution in [0.2, 0.25) is 0 Å². The summed E-state index contributed by atoms with van der Waals surface area (Å²) in [6, 6.07) is 34.9. The van der Waals surface area contributed by atoms with Crippen LogP contribution in [0, 0.1) is 0 Å². The third kappa shape index (κ3) is 7.46. The normalized spacial score (nSPS) is 11.2. The largest absolute Gasteiger partial charge is 0.508 e. The van der Waals surface area contributed by atoms with Crippen LogP contribution in [0.15, 0.2) is 134 Å². The molecule has 0 unspecified atom stereocenters. The van der Waals surface area contributed by atoms with E-state index in [-0.39, 0.29) is 23.0 Å². The van der Waals surface area contributed by atoms with Crippen molar-refractivity contribution in [2.45, 2.75) is 12.8 Å². The molecule has 0 saturated heterocycles. The van der Waals surface area contributed by atoms with Gasteiger partial charge in [-0.25, -0.2) is 0 Å². The molecule has 0 atom stereocenters. The topological polar surface area (TPSA) is 119 Å². The summed E-state index contributed by atoms with van der Waals surface area (Å²) >= 11 is 0. The molecule has 0 spiro atoms. The van der Waals surface area contributed by atoms with Gasteiger partial charge < -0.3 is 18.6 Å². The molecule has 224 valence electrons. The van der Waals surface area contributed by atoms with E-state index in [4.69, 9.17) is 8.37 Å². The van der Waals surface area contributed by atoms with Gasteiger partial charge in [-0.2, -0.15) is 0 Å². The van der Waals surface area contributed by atoms with Gasteiger partial charge in [-0.3, -0.25) is 9.97 Å². The van der Waals surface area contributed by atoms with Crippen molar-refractivity contribution >= 4 is 10.4 Å². The molecule has 8 nitrogen and oxygen atoms in total. The summed E-state index contributed by atoms with van der Waals surface area (Å²) in [6.07, 6.45) is 4.47. The van der Waals surface area contributed by atoms with Crippen LogP contribution in [0.25, 0.3) is 22.5 Å². The first-order valence-corrected chi connectivity index (χ1v) is 15.4. The summed E-state index contributed by atoms with van der Waals surface area (Å²) in [4.78, 5) is 8.80. The fraction of sp³-hybridized carbons (Fsp3) is 0.0556. The Balaban J connectivity index is 1.10. The van der Waals surface area contributed by atoms with Crippen LogP contribution in [0.5, 0.6) is 23.0 Å². The second-order valence-electron chi connectivity index (χ2n) is 10.3. The second kappa shape index (κ2) is 12.9. The van der Waals surface area contributed by atoms with Gasteiger partial charge in [0.25, 0.3) is 0 Å². The Morgan fingerprint density at radius 1 is 0.533 bits per heavy atom. The molecule has 0 fully saturated rings. The fourth-order valence-electron chi connectivity index (χ4n) is 4.98. The van der Waals surface area contributed by atoms with E-state index in [1.165, 1.54) is 0 Å². The number of nitrogens with zero attached hydrogens (tertiary/aromatic N) is 2. The van der Waals surface area contributed by atoms with Gasteiger partial charge in [0, 0.05) is 23.5 Å². The number of benzene rings is 4. The van der Waals surface area contributed by atoms with E-state index in [1.54, 1.807) is 85.2 Å². The molecule has 0 amide bonds. The quantitative estimate of drug-likeness (QED) is 0.167. The van der Waals surface area contributed by atoms with Gasteiger partial charge in [-0.1, -0.05) is 48.5 Å². The molecule has 2 heterocycles. The molecule has 45 heavy (non-hydrogen) atoms. The Kier molecular flexibility index (Phi) is 8.43. The van der Waals surface area contributed by atoms with E-state index in [0.717, 1.165) is 44.8 Å². The van der Waals surface area contributed by atoms with Gasteiger partial charge in [-0.05, 0) is 108 Å². The summed E-state index contributed by atoms with van der Waals surface area (Å²) < 4.78 is 35.8. The SMILES string of the molecule is O=S(=O)(Oc1ccc(Cc2ccc(O)cc2-c2ccccn2)cc1)Oc1ccc(Cc2ccc(O)cc2-c2ccccn2)cc1. The van der Waals surface area contributed by atoms with Gasteiger partial charge in [-0.15, -0.1) is 8.42 Å². The molecule has 0 radical (unpaired) electrons. The first-order chi connectivity index (χ1) is 21.8. The summed E-state index contributed by atoms with van der Waals surface area (Å²) in [6.45, 7) is 0. The van der Waals surface area contributed by atoms with Crippen molar-refractivity contribution < 1.29 is 27.0 Å². The highest BCUT2D eigenvalue weighted by Crippen LogP contribution is 2.30. The number of pyridine rings is 2. The molecular formula is C36H28N2O6S. The highest BCUT2D eigenvalue weighted by atomic mass is 32.3. The monoisotopic (exact) mass is 616 g/mol. The Labute approximate surface area is 261 Å². The molecular weight excluding hydrogens is 588 g/mol. The molecule has 2 N–H and O–H groups in total. The van der Waals surface area contributed by atoms with E-state index in [2.05, 4.69) is 9.97 Å². The lowest BCUT2D eigenvalue weighted by molar-refractivity contribution is 0.392. The highest BCUT2D eigenvalue weighted by Gasteiger charge is 2.17. The van der Waals surface area contributed by atoms with E-state index in [1.807, 2.05) is 48.5 Å². The zero-order valence-electron chi connectivity index (χ0n) is 23.9. The number of aromatic nitrogens is 2. The third-order valence-corrected chi connectivity index (χ3v) is 7.89. The zero-order valence-corrected chi connectivity index (χ0v) is 24.8. The van der Waals surface area contributed by atoms with Crippen LogP contribution in [-0.2, 0) is 23.2 Å². The summed E-state index contributed by atoms with van der Waals surface area (Å²) in [5.41, 5.74) is 6.86. The summed E-state index contributed by atoms with van der Waals surface area (Å²) in [7, 11) is -4.40. The van der Waals surface area contributed by atoms with Crippen LogP contribution in [0.1, 0.15) is 22.3 Å². The number of hydrogen-bond donors (Lipinski definition) is 2. The fourth-order valence-corrected chi connectivity index (χ4v) is 5.70. The summed E-state index contributed by atoms with van der Waals surface area (Å²) in [5, 5.41) is 20.0. The van der Waals surface area contributed by atoms with Crippen LogP contribution >= 0.6 is 0 Å².